The van der Waals surface area contributed by atoms with Gasteiger partial charge >= 0.3 is 6.09 Å². The maximum absolute atomic E-state index is 12.2. The molecular weight excluding hydrogens is 254 g/mol. The van der Waals surface area contributed by atoms with Crippen molar-refractivity contribution in [1.29, 1.82) is 0 Å². The summed E-state index contributed by atoms with van der Waals surface area (Å²) in [5.74, 6) is -0.387. The van der Waals surface area contributed by atoms with Gasteiger partial charge in [-0.2, -0.15) is 0 Å². The van der Waals surface area contributed by atoms with Gasteiger partial charge in [-0.25, -0.2) is 4.79 Å². The fourth-order valence-corrected chi connectivity index (χ4v) is 1.92. The number of alkyl carbamates (subject to hydrolysis) is 1. The molecule has 1 amide bonds. The number of hydrogen-bond donors (Lipinski definition) is 1. The fraction of sp³-hybridized carbons (Fsp3) is 0.375. The smallest absolute Gasteiger partial charge is 0.407 e. The van der Waals surface area contributed by atoms with Crippen LogP contribution in [0.1, 0.15) is 32.4 Å². The number of hydrogen-bond acceptors (Lipinski definition) is 3. The van der Waals surface area contributed by atoms with Gasteiger partial charge in [-0.05, 0) is 25.5 Å². The topological polar surface area (TPSA) is 55.4 Å². The minimum atomic E-state index is -0.546. The fourth-order valence-electron chi connectivity index (χ4n) is 1.92. The van der Waals surface area contributed by atoms with Crippen LogP contribution >= 0.6 is 0 Å². The molecule has 0 saturated carbocycles. The lowest BCUT2D eigenvalue weighted by molar-refractivity contribution is -0.118. The molecule has 1 aromatic carbocycles. The number of methoxy groups -OCH3 is 1. The molecule has 0 fully saturated rings. The van der Waals surface area contributed by atoms with Crippen LogP contribution in [0.15, 0.2) is 42.0 Å². The van der Waals surface area contributed by atoms with Crippen molar-refractivity contribution >= 4 is 11.9 Å². The van der Waals surface area contributed by atoms with Crippen molar-refractivity contribution in [2.45, 2.75) is 26.8 Å². The largest absolute Gasteiger partial charge is 0.453 e. The highest BCUT2D eigenvalue weighted by atomic mass is 16.5. The van der Waals surface area contributed by atoms with Crippen LogP contribution in [0.5, 0.6) is 0 Å². The summed E-state index contributed by atoms with van der Waals surface area (Å²) in [4.78, 5) is 23.7. The average Bonchev–Trinajstić information content (AvgIpc) is 2.43. The third kappa shape index (κ3) is 4.53. The lowest BCUT2D eigenvalue weighted by atomic mass is 9.90. The second-order valence-corrected chi connectivity index (χ2v) is 4.94. The molecule has 0 unspecified atom stereocenters. The van der Waals surface area contributed by atoms with Crippen LogP contribution in [-0.4, -0.2) is 19.0 Å². The van der Waals surface area contributed by atoms with Gasteiger partial charge in [0, 0.05) is 5.92 Å². The maximum atomic E-state index is 12.2. The number of ketones is 1. The molecule has 1 rings (SSSR count). The normalized spacial score (nSPS) is 13.0. The summed E-state index contributed by atoms with van der Waals surface area (Å²) in [6.07, 6.45) is 1.05. The number of benzene rings is 1. The van der Waals surface area contributed by atoms with Crippen LogP contribution in [0.4, 0.5) is 4.79 Å². The maximum Gasteiger partial charge on any atom is 0.407 e. The van der Waals surface area contributed by atoms with Gasteiger partial charge in [0.05, 0.1) is 13.2 Å². The number of allylic oxidation sites excluding steroid dienone is 2. The van der Waals surface area contributed by atoms with E-state index < -0.39 is 12.1 Å². The van der Waals surface area contributed by atoms with Crippen molar-refractivity contribution in [3.8, 4) is 0 Å². The first kappa shape index (κ1) is 16.0. The van der Waals surface area contributed by atoms with E-state index >= 15 is 0 Å². The molecule has 0 bridgehead atoms. The highest BCUT2D eigenvalue weighted by Gasteiger charge is 2.26. The summed E-state index contributed by atoms with van der Waals surface area (Å²) in [5, 5.41) is 2.73. The Bertz CT molecular complexity index is 490. The van der Waals surface area contributed by atoms with Crippen molar-refractivity contribution in [1.82, 2.24) is 5.32 Å². The molecule has 20 heavy (non-hydrogen) atoms. The minimum Gasteiger partial charge on any atom is -0.453 e. The Balaban J connectivity index is 3.01. The summed E-state index contributed by atoms with van der Waals surface area (Å²) in [6, 6.07) is 8.99. The molecule has 4 heteroatoms. The van der Waals surface area contributed by atoms with Crippen LogP contribution in [0.2, 0.25) is 0 Å². The van der Waals surface area contributed by atoms with E-state index in [1.807, 2.05) is 44.2 Å². The Morgan fingerprint density at radius 1 is 1.20 bits per heavy atom. The molecule has 2 atom stereocenters. The first-order chi connectivity index (χ1) is 9.45. The van der Waals surface area contributed by atoms with Crippen LogP contribution in [0, 0.1) is 5.92 Å². The summed E-state index contributed by atoms with van der Waals surface area (Å²) in [5.41, 5.74) is 1.81. The van der Waals surface area contributed by atoms with Crippen LogP contribution in [-0.2, 0) is 9.53 Å². The predicted octanol–water partition coefficient (Wildman–Crippen LogP) is 3.26. The molecule has 1 N–H and O–H groups in total. The first-order valence-electron chi connectivity index (χ1n) is 6.54. The lowest BCUT2D eigenvalue weighted by Gasteiger charge is -2.23. The first-order valence-corrected chi connectivity index (χ1v) is 6.54. The molecule has 0 radical (unpaired) electrons. The number of carbonyl (C=O) groups is 2. The zero-order chi connectivity index (χ0) is 15.1. The van der Waals surface area contributed by atoms with Gasteiger partial charge in [-0.15, -0.1) is 0 Å². The Labute approximate surface area is 119 Å². The minimum absolute atomic E-state index is 0.0183. The molecular formula is C16H21NO3. The zero-order valence-electron chi connectivity index (χ0n) is 12.3. The van der Waals surface area contributed by atoms with Crippen molar-refractivity contribution < 1.29 is 14.3 Å². The Morgan fingerprint density at radius 3 is 2.30 bits per heavy atom. The van der Waals surface area contributed by atoms with Crippen LogP contribution < -0.4 is 5.32 Å². The molecule has 0 heterocycles. The average molecular weight is 275 g/mol. The van der Waals surface area contributed by atoms with Crippen molar-refractivity contribution in [3.05, 3.63) is 47.5 Å². The van der Waals surface area contributed by atoms with E-state index in [4.69, 9.17) is 0 Å². The SMILES string of the molecule is COC(=O)N[C@@H](c1ccccc1)[C@H](C)C(=O)C=C(C)C. The molecule has 0 saturated heterocycles. The van der Waals surface area contributed by atoms with E-state index in [0.717, 1.165) is 11.1 Å². The number of rotatable bonds is 5. The van der Waals surface area contributed by atoms with E-state index in [9.17, 15) is 9.59 Å². The van der Waals surface area contributed by atoms with Gasteiger partial charge in [0.15, 0.2) is 5.78 Å². The Morgan fingerprint density at radius 2 is 1.80 bits per heavy atom. The molecule has 0 aliphatic carbocycles. The number of ether oxygens (including phenoxy) is 1. The highest BCUT2D eigenvalue weighted by Crippen LogP contribution is 2.23. The highest BCUT2D eigenvalue weighted by molar-refractivity contribution is 5.93. The van der Waals surface area contributed by atoms with Gasteiger partial charge in [-0.3, -0.25) is 4.79 Å². The van der Waals surface area contributed by atoms with E-state index in [-0.39, 0.29) is 11.7 Å². The van der Waals surface area contributed by atoms with E-state index in [1.54, 1.807) is 13.0 Å². The van der Waals surface area contributed by atoms with Crippen LogP contribution in [0.25, 0.3) is 0 Å². The van der Waals surface area contributed by atoms with Crippen molar-refractivity contribution in [2.24, 2.45) is 5.92 Å². The van der Waals surface area contributed by atoms with Gasteiger partial charge in [0.2, 0.25) is 0 Å². The van der Waals surface area contributed by atoms with E-state index in [0.29, 0.717) is 0 Å². The third-order valence-corrected chi connectivity index (χ3v) is 3.00. The number of amides is 1. The number of nitrogens with one attached hydrogen (secondary N) is 1. The molecule has 0 aliphatic rings. The quantitative estimate of drug-likeness (QED) is 0.839. The molecule has 1 aromatic rings. The Hall–Kier alpha value is -2.10. The zero-order valence-corrected chi connectivity index (χ0v) is 12.3. The predicted molar refractivity (Wildman–Crippen MR) is 78.3 cm³/mol. The van der Waals surface area contributed by atoms with Gasteiger partial charge in [0.25, 0.3) is 0 Å². The number of carbonyl (C=O) groups excluding carboxylic acids is 2. The third-order valence-electron chi connectivity index (χ3n) is 3.00. The Kier molecular flexibility index (Phi) is 5.97. The summed E-state index contributed by atoms with van der Waals surface area (Å²) in [6.45, 7) is 5.54. The summed E-state index contributed by atoms with van der Waals surface area (Å²) >= 11 is 0. The van der Waals surface area contributed by atoms with Crippen molar-refractivity contribution in [3.63, 3.8) is 0 Å². The molecule has 0 spiro atoms. The van der Waals surface area contributed by atoms with Gasteiger partial charge in [-0.1, -0.05) is 42.8 Å². The summed E-state index contributed by atoms with van der Waals surface area (Å²) in [7, 11) is 1.31. The van der Waals surface area contributed by atoms with Crippen molar-refractivity contribution in [2.75, 3.05) is 7.11 Å². The standard InChI is InChI=1S/C16H21NO3/c1-11(2)10-14(18)12(3)15(17-16(19)20-4)13-8-6-5-7-9-13/h5-10,12,15H,1-4H3,(H,17,19)/t12-,15-/m1/s1. The summed E-state index contributed by atoms with van der Waals surface area (Å²) < 4.78 is 4.64. The monoisotopic (exact) mass is 275 g/mol. The molecule has 4 nitrogen and oxygen atoms in total. The lowest BCUT2D eigenvalue weighted by Crippen LogP contribution is -2.35. The van der Waals surface area contributed by atoms with E-state index in [2.05, 4.69) is 10.1 Å². The second kappa shape index (κ2) is 7.48. The van der Waals surface area contributed by atoms with Gasteiger partial charge in [0.1, 0.15) is 0 Å². The molecule has 0 aromatic heterocycles. The molecule has 108 valence electrons. The second-order valence-electron chi connectivity index (χ2n) is 4.94. The van der Waals surface area contributed by atoms with Crippen LogP contribution in [0.3, 0.4) is 0 Å². The van der Waals surface area contributed by atoms with Gasteiger partial charge < -0.3 is 10.1 Å². The molecule has 0 aliphatic heterocycles. The van der Waals surface area contributed by atoms with E-state index in [1.165, 1.54) is 7.11 Å².